The third-order valence-electron chi connectivity index (χ3n) is 3.08. The monoisotopic (exact) mass is 244 g/mol. The van der Waals surface area contributed by atoms with Crippen molar-refractivity contribution in [3.63, 3.8) is 0 Å². The molecule has 2 heterocycles. The quantitative estimate of drug-likeness (QED) is 0.756. The number of rotatable bonds is 1. The average Bonchev–Trinajstić information content (AvgIpc) is 2.83. The Morgan fingerprint density at radius 2 is 2.18 bits per heavy atom. The molecule has 1 unspecified atom stereocenters. The first kappa shape index (κ1) is 10.4. The highest BCUT2D eigenvalue weighted by molar-refractivity contribution is 7.10. The number of nitrogens with one attached hydrogen (secondary N) is 1. The lowest BCUT2D eigenvalue weighted by Crippen LogP contribution is -2.35. The molecular formula is C13H12N2OS. The molecule has 0 aliphatic carbocycles. The number of amides is 1. The van der Waals surface area contributed by atoms with Crippen molar-refractivity contribution in [3.05, 3.63) is 51.7 Å². The largest absolute Gasteiger partial charge is 0.398 e. The Morgan fingerprint density at radius 3 is 2.94 bits per heavy atom. The van der Waals surface area contributed by atoms with E-state index >= 15 is 0 Å². The van der Waals surface area contributed by atoms with Crippen LogP contribution < -0.4 is 11.1 Å². The number of fused-ring (bicyclic) bond motifs is 1. The summed E-state index contributed by atoms with van der Waals surface area (Å²) in [6, 6.07) is 9.81. The van der Waals surface area contributed by atoms with Crippen molar-refractivity contribution in [3.8, 4) is 0 Å². The van der Waals surface area contributed by atoms with E-state index in [9.17, 15) is 4.79 Å². The van der Waals surface area contributed by atoms with E-state index in [-0.39, 0.29) is 11.8 Å². The molecule has 1 aliphatic heterocycles. The molecule has 0 saturated heterocycles. The summed E-state index contributed by atoms with van der Waals surface area (Å²) in [6.45, 7) is 0.649. The maximum absolute atomic E-state index is 11.8. The van der Waals surface area contributed by atoms with E-state index in [2.05, 4.69) is 16.8 Å². The zero-order valence-corrected chi connectivity index (χ0v) is 9.96. The minimum absolute atomic E-state index is 0.0640. The fourth-order valence-electron chi connectivity index (χ4n) is 2.28. The molecule has 3 rings (SSSR count). The molecule has 1 amide bonds. The van der Waals surface area contributed by atoms with Gasteiger partial charge in [0.25, 0.3) is 5.91 Å². The molecule has 1 aromatic heterocycles. The summed E-state index contributed by atoms with van der Waals surface area (Å²) in [5.41, 5.74) is 8.12. The number of carbonyl (C=O) groups is 1. The van der Waals surface area contributed by atoms with Crippen LogP contribution in [0.4, 0.5) is 5.69 Å². The van der Waals surface area contributed by atoms with E-state index in [1.807, 2.05) is 18.2 Å². The molecule has 1 aliphatic rings. The molecule has 86 valence electrons. The highest BCUT2D eigenvalue weighted by Crippen LogP contribution is 2.34. The predicted molar refractivity (Wildman–Crippen MR) is 69.3 cm³/mol. The van der Waals surface area contributed by atoms with Gasteiger partial charge in [0.1, 0.15) is 0 Å². The Hall–Kier alpha value is -1.81. The Bertz CT molecular complexity index is 563. The van der Waals surface area contributed by atoms with E-state index in [4.69, 9.17) is 5.73 Å². The summed E-state index contributed by atoms with van der Waals surface area (Å²) < 4.78 is 0. The van der Waals surface area contributed by atoms with Gasteiger partial charge in [-0.25, -0.2) is 0 Å². The van der Waals surface area contributed by atoms with Gasteiger partial charge < -0.3 is 11.1 Å². The zero-order chi connectivity index (χ0) is 11.8. The van der Waals surface area contributed by atoms with Crippen molar-refractivity contribution < 1.29 is 4.79 Å². The van der Waals surface area contributed by atoms with Gasteiger partial charge in [0.05, 0.1) is 5.56 Å². The average molecular weight is 244 g/mol. The first-order chi connectivity index (χ1) is 8.27. The molecule has 0 fully saturated rings. The minimum atomic E-state index is -0.0640. The van der Waals surface area contributed by atoms with Crippen LogP contribution in [0, 0.1) is 0 Å². The second-order valence-corrected chi connectivity index (χ2v) is 5.07. The number of nitrogen functional groups attached to an aromatic ring is 1. The van der Waals surface area contributed by atoms with Crippen molar-refractivity contribution >= 4 is 22.9 Å². The molecule has 17 heavy (non-hydrogen) atoms. The van der Waals surface area contributed by atoms with Crippen molar-refractivity contribution in [2.24, 2.45) is 0 Å². The lowest BCUT2D eigenvalue weighted by Gasteiger charge is -2.25. The number of thiophene rings is 1. The normalized spacial score (nSPS) is 18.6. The molecule has 1 aromatic carbocycles. The smallest absolute Gasteiger partial charge is 0.253 e. The molecule has 0 saturated carbocycles. The van der Waals surface area contributed by atoms with Crippen LogP contribution in [0.2, 0.25) is 0 Å². The Kier molecular flexibility index (Phi) is 2.37. The maximum atomic E-state index is 11.8. The van der Waals surface area contributed by atoms with Gasteiger partial charge in [-0.3, -0.25) is 4.79 Å². The van der Waals surface area contributed by atoms with Crippen molar-refractivity contribution in [2.45, 2.75) is 5.92 Å². The highest BCUT2D eigenvalue weighted by Gasteiger charge is 2.28. The third kappa shape index (κ3) is 1.61. The van der Waals surface area contributed by atoms with Crippen LogP contribution in [-0.4, -0.2) is 12.5 Å². The third-order valence-corrected chi connectivity index (χ3v) is 4.07. The van der Waals surface area contributed by atoms with Crippen molar-refractivity contribution in [1.82, 2.24) is 5.32 Å². The lowest BCUT2D eigenvalue weighted by molar-refractivity contribution is 0.0944. The first-order valence-corrected chi connectivity index (χ1v) is 6.35. The van der Waals surface area contributed by atoms with Crippen LogP contribution >= 0.6 is 11.3 Å². The number of hydrogen-bond donors (Lipinski definition) is 2. The van der Waals surface area contributed by atoms with E-state index in [1.165, 1.54) is 4.88 Å². The summed E-state index contributed by atoms with van der Waals surface area (Å²) in [7, 11) is 0. The number of carbonyl (C=O) groups excluding carboxylic acids is 1. The molecule has 3 N–H and O–H groups in total. The second-order valence-electron chi connectivity index (χ2n) is 4.09. The Morgan fingerprint density at radius 1 is 1.29 bits per heavy atom. The fraction of sp³-hybridized carbons (Fsp3) is 0.154. The van der Waals surface area contributed by atoms with E-state index in [0.717, 1.165) is 5.56 Å². The van der Waals surface area contributed by atoms with Gasteiger partial charge in [0, 0.05) is 23.0 Å². The van der Waals surface area contributed by atoms with Crippen LogP contribution in [-0.2, 0) is 0 Å². The summed E-state index contributed by atoms with van der Waals surface area (Å²) in [4.78, 5) is 13.1. The van der Waals surface area contributed by atoms with Gasteiger partial charge in [-0.2, -0.15) is 0 Å². The summed E-state index contributed by atoms with van der Waals surface area (Å²) in [5, 5.41) is 4.96. The Labute approximate surface area is 103 Å². The molecule has 4 heteroatoms. The fourth-order valence-corrected chi connectivity index (χ4v) is 3.12. The van der Waals surface area contributed by atoms with Crippen LogP contribution in [0.25, 0.3) is 0 Å². The Balaban J connectivity index is 2.16. The van der Waals surface area contributed by atoms with Crippen molar-refractivity contribution in [2.75, 3.05) is 12.3 Å². The number of nitrogens with two attached hydrogens (primary N) is 1. The van der Waals surface area contributed by atoms with Gasteiger partial charge in [0.15, 0.2) is 0 Å². The molecular weight excluding hydrogens is 232 g/mol. The molecule has 0 radical (unpaired) electrons. The maximum Gasteiger partial charge on any atom is 0.253 e. The van der Waals surface area contributed by atoms with Gasteiger partial charge in [-0.05, 0) is 23.1 Å². The number of hydrogen-bond acceptors (Lipinski definition) is 3. The van der Waals surface area contributed by atoms with E-state index in [0.29, 0.717) is 17.8 Å². The zero-order valence-electron chi connectivity index (χ0n) is 9.14. The van der Waals surface area contributed by atoms with Crippen LogP contribution in [0.5, 0.6) is 0 Å². The highest BCUT2D eigenvalue weighted by atomic mass is 32.1. The molecule has 1 atom stereocenters. The van der Waals surface area contributed by atoms with E-state index in [1.54, 1.807) is 17.4 Å². The molecule has 0 spiro atoms. The van der Waals surface area contributed by atoms with Crippen molar-refractivity contribution in [1.29, 1.82) is 0 Å². The van der Waals surface area contributed by atoms with Crippen LogP contribution in [0.3, 0.4) is 0 Å². The second kappa shape index (κ2) is 3.89. The SMILES string of the molecule is Nc1cccc2c1C(=O)NCC2c1cccs1. The molecule has 3 nitrogen and oxygen atoms in total. The van der Waals surface area contributed by atoms with E-state index < -0.39 is 0 Å². The van der Waals surface area contributed by atoms with Gasteiger partial charge >= 0.3 is 0 Å². The van der Waals surface area contributed by atoms with Crippen LogP contribution in [0.15, 0.2) is 35.7 Å². The lowest BCUT2D eigenvalue weighted by atomic mass is 9.88. The minimum Gasteiger partial charge on any atom is -0.398 e. The standard InChI is InChI=1S/C13H12N2OS/c14-10-4-1-3-8-9(11-5-2-6-17-11)7-15-13(16)12(8)10/h1-6,9H,7,14H2,(H,15,16). The van der Waals surface area contributed by atoms with Gasteiger partial charge in [-0.1, -0.05) is 18.2 Å². The number of anilines is 1. The summed E-state index contributed by atoms with van der Waals surface area (Å²) in [6.07, 6.45) is 0. The summed E-state index contributed by atoms with van der Waals surface area (Å²) >= 11 is 1.71. The topological polar surface area (TPSA) is 55.1 Å². The van der Waals surface area contributed by atoms with Gasteiger partial charge in [-0.15, -0.1) is 11.3 Å². The summed E-state index contributed by atoms with van der Waals surface area (Å²) in [5.74, 6) is 0.164. The van der Waals surface area contributed by atoms with Crippen LogP contribution in [0.1, 0.15) is 26.7 Å². The molecule has 0 bridgehead atoms. The molecule has 2 aromatic rings. The predicted octanol–water partition coefficient (Wildman–Crippen LogP) is 2.21. The number of benzene rings is 1. The first-order valence-electron chi connectivity index (χ1n) is 5.47. The van der Waals surface area contributed by atoms with Gasteiger partial charge in [0.2, 0.25) is 0 Å².